The summed E-state index contributed by atoms with van der Waals surface area (Å²) in [5, 5.41) is 6.45. The van der Waals surface area contributed by atoms with Gasteiger partial charge in [-0.25, -0.2) is 9.97 Å². The van der Waals surface area contributed by atoms with Crippen LogP contribution in [0.15, 0.2) is 36.3 Å². The van der Waals surface area contributed by atoms with Gasteiger partial charge in [-0.05, 0) is 12.5 Å². The molecular weight excluding hydrogens is 436 g/mol. The molecule has 2 atom stereocenters. The molecule has 0 unspecified atom stereocenters. The number of anilines is 1. The van der Waals surface area contributed by atoms with Gasteiger partial charge in [0.25, 0.3) is 0 Å². The van der Waals surface area contributed by atoms with Crippen LogP contribution in [0.4, 0.5) is 5.95 Å². The quantitative estimate of drug-likeness (QED) is 0.477. The maximum absolute atomic E-state index is 13.5. The number of carbonyl (C=O) groups excluding carboxylic acids is 2. The fourth-order valence-electron chi connectivity index (χ4n) is 4.04. The van der Waals surface area contributed by atoms with Crippen molar-refractivity contribution in [2.75, 3.05) is 32.6 Å². The van der Waals surface area contributed by atoms with Crippen molar-refractivity contribution in [3.63, 3.8) is 0 Å². The first-order valence-corrected chi connectivity index (χ1v) is 10.5. The SMILES string of the molecule is COc1cc(OC)c2c(c1Cl)O[C@@]1(C(=O)C=C(NCCNc3ncccn3)C[C@H]1C)C2=O. The molecule has 1 aliphatic carbocycles. The highest BCUT2D eigenvalue weighted by Crippen LogP contribution is 2.52. The zero-order chi connectivity index (χ0) is 22.9. The number of ether oxygens (including phenoxy) is 3. The molecule has 0 radical (unpaired) electrons. The minimum atomic E-state index is -1.67. The number of nitrogens with zero attached hydrogens (tertiary/aromatic N) is 2. The Hall–Kier alpha value is -3.33. The van der Waals surface area contributed by atoms with Crippen LogP contribution in [0.25, 0.3) is 0 Å². The molecule has 32 heavy (non-hydrogen) atoms. The van der Waals surface area contributed by atoms with Gasteiger partial charge < -0.3 is 24.8 Å². The highest BCUT2D eigenvalue weighted by atomic mass is 35.5. The van der Waals surface area contributed by atoms with Crippen molar-refractivity contribution in [1.82, 2.24) is 15.3 Å². The molecule has 0 amide bonds. The Bertz CT molecular complexity index is 1090. The summed E-state index contributed by atoms with van der Waals surface area (Å²) >= 11 is 6.40. The Kier molecular flexibility index (Phi) is 5.92. The van der Waals surface area contributed by atoms with Gasteiger partial charge in [-0.2, -0.15) is 0 Å². The molecule has 1 aromatic heterocycles. The lowest BCUT2D eigenvalue weighted by Gasteiger charge is -2.35. The average molecular weight is 459 g/mol. The number of rotatable bonds is 7. The normalized spacial score (nSPS) is 21.6. The number of ketones is 2. The number of halogens is 1. The van der Waals surface area contributed by atoms with E-state index in [1.807, 2.05) is 6.92 Å². The second-order valence-electron chi connectivity index (χ2n) is 7.53. The highest BCUT2D eigenvalue weighted by Gasteiger charge is 2.60. The number of nitrogens with one attached hydrogen (secondary N) is 2. The van der Waals surface area contributed by atoms with Crippen LogP contribution in [0.5, 0.6) is 17.2 Å². The molecule has 2 N–H and O–H groups in total. The van der Waals surface area contributed by atoms with Gasteiger partial charge >= 0.3 is 0 Å². The molecule has 168 valence electrons. The van der Waals surface area contributed by atoms with E-state index in [1.165, 1.54) is 26.4 Å². The zero-order valence-corrected chi connectivity index (χ0v) is 18.7. The van der Waals surface area contributed by atoms with Gasteiger partial charge in [0, 0.05) is 49.2 Å². The predicted molar refractivity (Wildman–Crippen MR) is 118 cm³/mol. The summed E-state index contributed by atoms with van der Waals surface area (Å²) in [5.74, 6) is -0.120. The molecule has 10 heteroatoms. The first-order valence-electron chi connectivity index (χ1n) is 10.1. The predicted octanol–water partition coefficient (Wildman–Crippen LogP) is 2.66. The van der Waals surface area contributed by atoms with E-state index >= 15 is 0 Å². The molecule has 1 spiro atoms. The van der Waals surface area contributed by atoms with Crippen molar-refractivity contribution in [3.8, 4) is 17.2 Å². The summed E-state index contributed by atoms with van der Waals surface area (Å²) in [4.78, 5) is 34.9. The topological polar surface area (TPSA) is 112 Å². The highest BCUT2D eigenvalue weighted by molar-refractivity contribution is 6.36. The summed E-state index contributed by atoms with van der Waals surface area (Å²) in [6, 6.07) is 3.26. The largest absolute Gasteiger partial charge is 0.496 e. The maximum Gasteiger partial charge on any atom is 0.236 e. The van der Waals surface area contributed by atoms with E-state index in [-0.39, 0.29) is 22.1 Å². The van der Waals surface area contributed by atoms with E-state index in [9.17, 15) is 9.59 Å². The molecule has 0 bridgehead atoms. The Morgan fingerprint density at radius 1 is 1.16 bits per heavy atom. The third-order valence-electron chi connectivity index (χ3n) is 5.64. The smallest absolute Gasteiger partial charge is 0.236 e. The summed E-state index contributed by atoms with van der Waals surface area (Å²) in [6.07, 6.45) is 5.18. The Morgan fingerprint density at radius 3 is 2.50 bits per heavy atom. The number of methoxy groups -OCH3 is 2. The number of benzene rings is 1. The van der Waals surface area contributed by atoms with E-state index < -0.39 is 23.1 Å². The van der Waals surface area contributed by atoms with Gasteiger partial charge in [-0.3, -0.25) is 9.59 Å². The molecule has 0 fully saturated rings. The monoisotopic (exact) mass is 458 g/mol. The Balaban J connectivity index is 1.52. The lowest BCUT2D eigenvalue weighted by Crippen LogP contribution is -2.55. The Labute approximate surface area is 190 Å². The molecule has 2 aromatic rings. The molecule has 4 rings (SSSR count). The van der Waals surface area contributed by atoms with Gasteiger partial charge in [0.2, 0.25) is 23.1 Å². The molecule has 0 saturated heterocycles. The summed E-state index contributed by atoms with van der Waals surface area (Å²) in [6.45, 7) is 2.91. The second-order valence-corrected chi connectivity index (χ2v) is 7.91. The second kappa shape index (κ2) is 8.66. The van der Waals surface area contributed by atoms with Crippen LogP contribution in [0.2, 0.25) is 5.02 Å². The van der Waals surface area contributed by atoms with Crippen LogP contribution < -0.4 is 24.8 Å². The van der Waals surface area contributed by atoms with Crippen molar-refractivity contribution in [3.05, 3.63) is 46.9 Å². The number of allylic oxidation sites excluding steroid dienone is 1. The molecule has 1 aromatic carbocycles. The third-order valence-corrected chi connectivity index (χ3v) is 5.99. The maximum atomic E-state index is 13.5. The third kappa shape index (κ3) is 3.52. The van der Waals surface area contributed by atoms with Crippen LogP contribution in [0.1, 0.15) is 23.7 Å². The van der Waals surface area contributed by atoms with Crippen LogP contribution in [-0.2, 0) is 4.79 Å². The number of hydrogen-bond donors (Lipinski definition) is 2. The minimum absolute atomic E-state index is 0.116. The first-order chi connectivity index (χ1) is 15.4. The van der Waals surface area contributed by atoms with Crippen molar-refractivity contribution in [2.24, 2.45) is 5.92 Å². The van der Waals surface area contributed by atoms with E-state index in [2.05, 4.69) is 20.6 Å². The molecule has 2 aliphatic rings. The molecule has 0 saturated carbocycles. The number of fused-ring (bicyclic) bond motifs is 1. The Morgan fingerprint density at radius 2 is 1.84 bits per heavy atom. The van der Waals surface area contributed by atoms with E-state index in [0.29, 0.717) is 31.2 Å². The van der Waals surface area contributed by atoms with Crippen LogP contribution in [0.3, 0.4) is 0 Å². The van der Waals surface area contributed by atoms with Gasteiger partial charge in [-0.1, -0.05) is 18.5 Å². The van der Waals surface area contributed by atoms with Crippen molar-refractivity contribution >= 4 is 29.1 Å². The van der Waals surface area contributed by atoms with Gasteiger partial charge in [0.05, 0.1) is 14.2 Å². The van der Waals surface area contributed by atoms with Crippen LogP contribution in [-0.4, -0.2) is 54.4 Å². The van der Waals surface area contributed by atoms with E-state index in [1.54, 1.807) is 18.5 Å². The van der Waals surface area contributed by atoms with Gasteiger partial charge in [-0.15, -0.1) is 0 Å². The molecule has 9 nitrogen and oxygen atoms in total. The lowest BCUT2D eigenvalue weighted by atomic mass is 9.74. The molecule has 2 heterocycles. The van der Waals surface area contributed by atoms with Crippen molar-refractivity contribution in [1.29, 1.82) is 0 Å². The number of carbonyl (C=O) groups is 2. The average Bonchev–Trinajstić information content (AvgIpc) is 3.11. The molecular formula is C22H23ClN4O5. The van der Waals surface area contributed by atoms with Crippen molar-refractivity contribution < 1.29 is 23.8 Å². The van der Waals surface area contributed by atoms with E-state index in [0.717, 1.165) is 5.70 Å². The van der Waals surface area contributed by atoms with Crippen molar-refractivity contribution in [2.45, 2.75) is 18.9 Å². The minimum Gasteiger partial charge on any atom is -0.496 e. The van der Waals surface area contributed by atoms with Crippen LogP contribution in [0, 0.1) is 5.92 Å². The fourth-order valence-corrected chi connectivity index (χ4v) is 4.30. The first kappa shape index (κ1) is 21.9. The molecule has 1 aliphatic heterocycles. The summed E-state index contributed by atoms with van der Waals surface area (Å²) in [7, 11) is 2.89. The lowest BCUT2D eigenvalue weighted by molar-refractivity contribution is -0.129. The number of Topliss-reactive ketones (excluding diaryl/α,β-unsaturated/α-hetero) is 1. The number of aromatic nitrogens is 2. The summed E-state index contributed by atoms with van der Waals surface area (Å²) in [5.41, 5.74) is -0.783. The number of hydrogen-bond acceptors (Lipinski definition) is 9. The van der Waals surface area contributed by atoms with Crippen LogP contribution >= 0.6 is 11.6 Å². The van der Waals surface area contributed by atoms with Gasteiger partial charge in [0.1, 0.15) is 22.1 Å². The zero-order valence-electron chi connectivity index (χ0n) is 17.9. The fraction of sp³-hybridized carbons (Fsp3) is 0.364. The van der Waals surface area contributed by atoms with E-state index in [4.69, 9.17) is 25.8 Å². The standard InChI is InChI=1S/C22H23ClN4O5/c1-12-9-13(24-7-8-27-21-25-5-4-6-26-21)10-16(28)22(12)20(29)17-14(30-2)11-15(31-3)18(23)19(17)32-22/h4-6,10-12,24H,7-9H2,1-3H3,(H,25,26,27)/t12-,22+/m1/s1. The summed E-state index contributed by atoms with van der Waals surface area (Å²) < 4.78 is 16.6. The van der Waals surface area contributed by atoms with Gasteiger partial charge in [0.15, 0.2) is 5.75 Å².